The summed E-state index contributed by atoms with van der Waals surface area (Å²) in [5, 5.41) is 20.5. The monoisotopic (exact) mass is 231 g/mol. The summed E-state index contributed by atoms with van der Waals surface area (Å²) in [6, 6.07) is 0. The second kappa shape index (κ2) is 4.64. The fourth-order valence-corrected chi connectivity index (χ4v) is 5.08. The van der Waals surface area contributed by atoms with E-state index in [0.717, 1.165) is 37.4 Å². The lowest BCUT2D eigenvalue weighted by Crippen LogP contribution is -2.47. The third-order valence-electron chi connectivity index (χ3n) is 4.25. The average molecular weight is 231 g/mol. The molecule has 0 aromatic carbocycles. The van der Waals surface area contributed by atoms with Crippen LogP contribution >= 0.6 is 0 Å². The fourth-order valence-electron chi connectivity index (χ4n) is 3.46. The molecule has 88 valence electrons. The van der Waals surface area contributed by atoms with Gasteiger partial charge in [0.05, 0.1) is 24.7 Å². The predicted molar refractivity (Wildman–Crippen MR) is 65.1 cm³/mol. The van der Waals surface area contributed by atoms with Gasteiger partial charge in [-0.05, 0) is 48.9 Å². The molecule has 0 saturated heterocycles. The molecule has 0 aliphatic heterocycles. The van der Waals surface area contributed by atoms with Crippen LogP contribution < -0.4 is 0 Å². The molecule has 5 atom stereocenters. The molecular weight excluding hydrogens is 208 g/mol. The maximum absolute atomic E-state index is 10.0. The van der Waals surface area contributed by atoms with Gasteiger partial charge in [0, 0.05) is 5.92 Å². The van der Waals surface area contributed by atoms with E-state index in [4.69, 9.17) is 0 Å². The van der Waals surface area contributed by atoms with E-state index in [9.17, 15) is 10.2 Å². The third-order valence-corrected chi connectivity index (χ3v) is 6.05. The molecule has 2 aliphatic rings. The first-order valence-corrected chi connectivity index (χ1v) is 8.12. The number of rotatable bonds is 1. The Bertz CT molecular complexity index is 216. The summed E-state index contributed by atoms with van der Waals surface area (Å²) in [5.41, 5.74) is 0. The van der Waals surface area contributed by atoms with Gasteiger partial charge < -0.3 is 10.2 Å². The van der Waals surface area contributed by atoms with Gasteiger partial charge in [0.15, 0.2) is 0 Å². The van der Waals surface area contributed by atoms with Crippen LogP contribution in [-0.4, -0.2) is 40.2 Å². The fraction of sp³-hybridized carbons (Fsp3) is 1.00. The Morgan fingerprint density at radius 2 is 1.67 bits per heavy atom. The Labute approximate surface area is 95.4 Å². The normalized spacial score (nSPS) is 46.6. The lowest BCUT2D eigenvalue weighted by Gasteiger charge is -2.43. The molecule has 3 heteroatoms. The number of aliphatic hydroxyl groups excluding tert-OH is 2. The highest BCUT2D eigenvalue weighted by Crippen LogP contribution is 2.43. The van der Waals surface area contributed by atoms with Crippen molar-refractivity contribution >= 4 is 10.9 Å². The van der Waals surface area contributed by atoms with Crippen molar-refractivity contribution in [1.82, 2.24) is 0 Å². The quantitative estimate of drug-likeness (QED) is 0.665. The summed E-state index contributed by atoms with van der Waals surface area (Å²) in [4.78, 5) is 0. The molecule has 0 bridgehead atoms. The lowest BCUT2D eigenvalue weighted by atomic mass is 9.68. The van der Waals surface area contributed by atoms with Crippen LogP contribution in [0.25, 0.3) is 0 Å². The van der Waals surface area contributed by atoms with Crippen LogP contribution in [0.1, 0.15) is 32.1 Å². The van der Waals surface area contributed by atoms with Crippen molar-refractivity contribution in [3.63, 3.8) is 0 Å². The topological polar surface area (TPSA) is 40.5 Å². The number of aliphatic hydroxyl groups is 2. The van der Waals surface area contributed by atoms with E-state index in [1.807, 2.05) is 0 Å². The zero-order chi connectivity index (χ0) is 11.0. The van der Waals surface area contributed by atoms with Crippen LogP contribution in [0.4, 0.5) is 0 Å². The van der Waals surface area contributed by atoms with Crippen molar-refractivity contribution in [2.24, 2.45) is 11.8 Å². The van der Waals surface area contributed by atoms with Crippen LogP contribution in [-0.2, 0) is 10.9 Å². The highest BCUT2D eigenvalue weighted by Gasteiger charge is 2.46. The van der Waals surface area contributed by atoms with Gasteiger partial charge in [-0.1, -0.05) is 0 Å². The van der Waals surface area contributed by atoms with Gasteiger partial charge in [-0.2, -0.15) is 0 Å². The Morgan fingerprint density at radius 3 is 2.33 bits per heavy atom. The van der Waals surface area contributed by atoms with Gasteiger partial charge >= 0.3 is 0 Å². The van der Waals surface area contributed by atoms with Crippen molar-refractivity contribution < 1.29 is 10.2 Å². The Hall–Kier alpha value is 0.270. The van der Waals surface area contributed by atoms with E-state index in [1.165, 1.54) is 0 Å². The van der Waals surface area contributed by atoms with E-state index in [-0.39, 0.29) is 12.2 Å². The second-order valence-corrected chi connectivity index (χ2v) is 7.72. The molecule has 5 unspecified atom stereocenters. The standard InChI is InChI=1S/C12H23O2S/c1-15(2)12-6-5-11(14)9-4-3-8(13)7-10(9)12/h8-14H,3-7H2,1-2H3/q+1. The molecule has 0 radical (unpaired) electrons. The molecule has 0 heterocycles. The predicted octanol–water partition coefficient (Wildman–Crippen LogP) is 1.16. The largest absolute Gasteiger partial charge is 0.393 e. The lowest BCUT2D eigenvalue weighted by molar-refractivity contribution is -0.0230. The zero-order valence-corrected chi connectivity index (χ0v) is 10.5. The first-order valence-electron chi connectivity index (χ1n) is 6.02. The molecule has 15 heavy (non-hydrogen) atoms. The summed E-state index contributed by atoms with van der Waals surface area (Å²) >= 11 is 0. The molecule has 2 N–H and O–H groups in total. The van der Waals surface area contributed by atoms with Gasteiger partial charge in [-0.25, -0.2) is 0 Å². The van der Waals surface area contributed by atoms with E-state index in [0.29, 0.717) is 22.7 Å². The number of fused-ring (bicyclic) bond motifs is 1. The van der Waals surface area contributed by atoms with Crippen molar-refractivity contribution in [3.8, 4) is 0 Å². The summed E-state index contributed by atoms with van der Waals surface area (Å²) in [6.45, 7) is 0. The summed E-state index contributed by atoms with van der Waals surface area (Å²) < 4.78 is 0. The van der Waals surface area contributed by atoms with Crippen LogP contribution in [0.3, 0.4) is 0 Å². The summed E-state index contributed by atoms with van der Waals surface area (Å²) in [7, 11) is 0.428. The third kappa shape index (κ3) is 2.34. The Kier molecular flexibility index (Phi) is 3.63. The van der Waals surface area contributed by atoms with Crippen molar-refractivity contribution in [2.75, 3.05) is 12.5 Å². The van der Waals surface area contributed by atoms with Gasteiger partial charge in [0.2, 0.25) is 0 Å². The summed E-state index contributed by atoms with van der Waals surface area (Å²) in [6.07, 6.45) is 9.40. The van der Waals surface area contributed by atoms with Crippen molar-refractivity contribution in [2.45, 2.75) is 49.6 Å². The SMILES string of the molecule is C[S+](C)C1CCC(O)C2CCC(O)CC21. The first-order chi connectivity index (χ1) is 7.09. The maximum atomic E-state index is 10.0. The maximum Gasteiger partial charge on any atom is 0.121 e. The number of hydrogen-bond acceptors (Lipinski definition) is 2. The molecule has 0 aromatic rings. The molecule has 0 spiro atoms. The smallest absolute Gasteiger partial charge is 0.121 e. The van der Waals surface area contributed by atoms with Gasteiger partial charge in [-0.3, -0.25) is 0 Å². The van der Waals surface area contributed by atoms with Gasteiger partial charge in [0.25, 0.3) is 0 Å². The van der Waals surface area contributed by atoms with E-state index in [1.54, 1.807) is 0 Å². The molecule has 0 amide bonds. The zero-order valence-electron chi connectivity index (χ0n) is 9.72. The van der Waals surface area contributed by atoms with Crippen LogP contribution in [0.2, 0.25) is 0 Å². The number of hydrogen-bond donors (Lipinski definition) is 2. The van der Waals surface area contributed by atoms with Crippen molar-refractivity contribution in [1.29, 1.82) is 0 Å². The van der Waals surface area contributed by atoms with Gasteiger partial charge in [0.1, 0.15) is 5.25 Å². The van der Waals surface area contributed by atoms with Crippen molar-refractivity contribution in [3.05, 3.63) is 0 Å². The summed E-state index contributed by atoms with van der Waals surface area (Å²) in [5.74, 6) is 1.05. The van der Waals surface area contributed by atoms with Gasteiger partial charge in [-0.15, -0.1) is 0 Å². The highest BCUT2D eigenvalue weighted by molar-refractivity contribution is 7.96. The molecule has 0 aromatic heterocycles. The molecule has 2 saturated carbocycles. The van der Waals surface area contributed by atoms with E-state index >= 15 is 0 Å². The minimum atomic E-state index is -0.109. The van der Waals surface area contributed by atoms with Crippen LogP contribution in [0, 0.1) is 11.8 Å². The Morgan fingerprint density at radius 1 is 0.933 bits per heavy atom. The molecular formula is C12H23O2S+. The van der Waals surface area contributed by atoms with Crippen LogP contribution in [0.15, 0.2) is 0 Å². The molecule has 2 nitrogen and oxygen atoms in total. The van der Waals surface area contributed by atoms with E-state index < -0.39 is 0 Å². The first kappa shape index (κ1) is 11.7. The molecule has 2 aliphatic carbocycles. The van der Waals surface area contributed by atoms with Crippen LogP contribution in [0.5, 0.6) is 0 Å². The Balaban J connectivity index is 2.10. The molecule has 2 rings (SSSR count). The van der Waals surface area contributed by atoms with E-state index in [2.05, 4.69) is 12.5 Å². The minimum absolute atomic E-state index is 0.0951. The highest BCUT2D eigenvalue weighted by atomic mass is 32.2. The molecule has 2 fully saturated rings. The second-order valence-electron chi connectivity index (χ2n) is 5.36. The minimum Gasteiger partial charge on any atom is -0.393 e. The average Bonchev–Trinajstić information content (AvgIpc) is 2.17.